The fourth-order valence-corrected chi connectivity index (χ4v) is 7.34. The Labute approximate surface area is 297 Å². The molecule has 52 heavy (non-hydrogen) atoms. The van der Waals surface area contributed by atoms with Gasteiger partial charge in [0, 0.05) is 18.9 Å². The number of fused-ring (bicyclic) bond motifs is 3. The molecule has 288 valence electrons. The van der Waals surface area contributed by atoms with Gasteiger partial charge in [-0.2, -0.15) is 0 Å². The lowest BCUT2D eigenvalue weighted by molar-refractivity contribution is -0.347. The van der Waals surface area contributed by atoms with Crippen LogP contribution in [0, 0.1) is 11.8 Å². The van der Waals surface area contributed by atoms with E-state index in [0.717, 1.165) is 13.0 Å². The maximum atomic E-state index is 12.9. The lowest BCUT2D eigenvalue weighted by atomic mass is 9.85. The highest BCUT2D eigenvalue weighted by atomic mass is 16.8. The van der Waals surface area contributed by atoms with Gasteiger partial charge in [0.2, 0.25) is 6.29 Å². The van der Waals surface area contributed by atoms with E-state index < -0.39 is 122 Å². The van der Waals surface area contributed by atoms with E-state index in [-0.39, 0.29) is 0 Å². The SMILES string of the molecule is COc1ccc(C=CC(=O)OC2C(C)OC(OC3C4C=COC(OC5OC(CO)C(O)C(O)C5O)C4C4(CO)OC34)C(OC(C)=O)C2O)cc1OC. The second kappa shape index (κ2) is 15.5. The van der Waals surface area contributed by atoms with E-state index in [9.17, 15) is 40.2 Å². The Kier molecular flexibility index (Phi) is 11.4. The minimum absolute atomic E-state index is 0.451. The number of aliphatic hydroxyl groups excluding tert-OH is 6. The van der Waals surface area contributed by atoms with E-state index >= 15 is 0 Å². The molecule has 3 saturated heterocycles. The average molecular weight is 741 g/mol. The number of hydrogen-bond donors (Lipinski definition) is 6. The van der Waals surface area contributed by atoms with E-state index in [4.69, 9.17) is 47.4 Å². The lowest BCUT2D eigenvalue weighted by Crippen LogP contribution is -2.61. The summed E-state index contributed by atoms with van der Waals surface area (Å²) < 4.78 is 57.0. The summed E-state index contributed by atoms with van der Waals surface area (Å²) in [6, 6.07) is 5.02. The van der Waals surface area contributed by atoms with E-state index in [0.29, 0.717) is 17.1 Å². The monoisotopic (exact) mass is 740 g/mol. The van der Waals surface area contributed by atoms with Crippen LogP contribution in [0.25, 0.3) is 6.08 Å². The van der Waals surface area contributed by atoms with Crippen LogP contribution in [0.15, 0.2) is 36.6 Å². The topological polar surface area (TPSA) is 251 Å². The zero-order valence-corrected chi connectivity index (χ0v) is 28.7. The number of rotatable bonds is 12. The largest absolute Gasteiger partial charge is 0.493 e. The number of epoxide rings is 1. The van der Waals surface area contributed by atoms with Crippen molar-refractivity contribution in [3.8, 4) is 11.5 Å². The highest BCUT2D eigenvalue weighted by Gasteiger charge is 2.77. The molecule has 0 amide bonds. The molecule has 6 N–H and O–H groups in total. The molecule has 0 spiro atoms. The smallest absolute Gasteiger partial charge is 0.331 e. The van der Waals surface area contributed by atoms with Crippen LogP contribution in [-0.4, -0.2) is 156 Å². The van der Waals surface area contributed by atoms with Crippen molar-refractivity contribution in [2.75, 3.05) is 27.4 Å². The highest BCUT2D eigenvalue weighted by Crippen LogP contribution is 2.61. The second-order valence-corrected chi connectivity index (χ2v) is 13.1. The van der Waals surface area contributed by atoms with Crippen molar-refractivity contribution in [1.82, 2.24) is 0 Å². The van der Waals surface area contributed by atoms with Crippen LogP contribution in [0.1, 0.15) is 19.4 Å². The van der Waals surface area contributed by atoms with Crippen molar-refractivity contribution in [3.05, 3.63) is 42.2 Å². The first-order valence-corrected chi connectivity index (χ1v) is 16.7. The quantitative estimate of drug-likeness (QED) is 0.0779. The third-order valence-electron chi connectivity index (χ3n) is 10.0. The van der Waals surface area contributed by atoms with Crippen LogP contribution in [0.5, 0.6) is 11.5 Å². The summed E-state index contributed by atoms with van der Waals surface area (Å²) in [6.45, 7) is 1.50. The van der Waals surface area contributed by atoms with Gasteiger partial charge in [0.15, 0.2) is 36.3 Å². The van der Waals surface area contributed by atoms with Gasteiger partial charge in [-0.25, -0.2) is 4.79 Å². The van der Waals surface area contributed by atoms with Crippen LogP contribution >= 0.6 is 0 Å². The molecule has 0 aromatic heterocycles. The van der Waals surface area contributed by atoms with E-state index in [2.05, 4.69) is 0 Å². The second-order valence-electron chi connectivity index (χ2n) is 13.1. The fourth-order valence-electron chi connectivity index (χ4n) is 7.34. The number of hydrogen-bond acceptors (Lipinski definition) is 18. The van der Waals surface area contributed by atoms with Crippen molar-refractivity contribution in [1.29, 1.82) is 0 Å². The standard InChI is InChI=1S/C34H44O18/c1-14-27(49-21(38)8-6-16-5-7-18(43-3)19(11-16)44-4)26(42)29(47-15(2)37)33(46-14)50-28-17-9-10-45-31(22(17)34(13-36)30(28)52-34)51-32-25(41)24(40)23(39)20(12-35)48-32/h5-11,14,17,20,22-33,35-36,39-42H,12-13H2,1-4H3. The van der Waals surface area contributed by atoms with Gasteiger partial charge in [-0.05, 0) is 36.8 Å². The Morgan fingerprint density at radius 1 is 0.865 bits per heavy atom. The summed E-state index contributed by atoms with van der Waals surface area (Å²) >= 11 is 0. The maximum Gasteiger partial charge on any atom is 0.331 e. The Bertz CT molecular complexity index is 1500. The number of esters is 2. The van der Waals surface area contributed by atoms with Crippen LogP contribution in [0.3, 0.4) is 0 Å². The summed E-state index contributed by atoms with van der Waals surface area (Å²) in [7, 11) is 2.98. The Hall–Kier alpha value is -3.40. The minimum atomic E-state index is -1.72. The third kappa shape index (κ3) is 7.13. The van der Waals surface area contributed by atoms with Crippen molar-refractivity contribution in [3.63, 3.8) is 0 Å². The molecule has 5 aliphatic rings. The third-order valence-corrected chi connectivity index (χ3v) is 10.0. The number of carbonyl (C=O) groups excluding carboxylic acids is 2. The summed E-state index contributed by atoms with van der Waals surface area (Å²) in [4.78, 5) is 25.1. The zero-order chi connectivity index (χ0) is 37.5. The summed E-state index contributed by atoms with van der Waals surface area (Å²) in [5.74, 6) is -2.01. The summed E-state index contributed by atoms with van der Waals surface area (Å²) in [5.41, 5.74) is -0.652. The van der Waals surface area contributed by atoms with Crippen LogP contribution < -0.4 is 9.47 Å². The van der Waals surface area contributed by atoms with Gasteiger partial charge in [-0.15, -0.1) is 0 Å². The van der Waals surface area contributed by atoms with Gasteiger partial charge in [0.05, 0.1) is 51.8 Å². The van der Waals surface area contributed by atoms with Crippen molar-refractivity contribution >= 4 is 18.0 Å². The maximum absolute atomic E-state index is 12.9. The molecule has 16 unspecified atom stereocenters. The first kappa shape index (κ1) is 38.3. The summed E-state index contributed by atoms with van der Waals surface area (Å²) in [6.07, 6.45) is -11.8. The molecule has 1 saturated carbocycles. The van der Waals surface area contributed by atoms with Crippen LogP contribution in [0.2, 0.25) is 0 Å². The number of ether oxygens (including phenoxy) is 10. The molecule has 1 aliphatic carbocycles. The molecular formula is C34H44O18. The van der Waals surface area contributed by atoms with Crippen LogP contribution in [0.4, 0.5) is 0 Å². The van der Waals surface area contributed by atoms with E-state index in [1.54, 1.807) is 31.2 Å². The molecule has 4 heterocycles. The van der Waals surface area contributed by atoms with Crippen molar-refractivity contribution in [2.45, 2.75) is 99.4 Å². The molecule has 6 rings (SSSR count). The molecule has 18 nitrogen and oxygen atoms in total. The lowest BCUT2D eigenvalue weighted by Gasteiger charge is -2.44. The Morgan fingerprint density at radius 2 is 1.62 bits per heavy atom. The van der Waals surface area contributed by atoms with Gasteiger partial charge in [0.25, 0.3) is 0 Å². The molecule has 1 aromatic rings. The fraction of sp³-hybridized carbons (Fsp3) is 0.647. The van der Waals surface area contributed by atoms with Gasteiger partial charge in [0.1, 0.15) is 42.2 Å². The molecule has 18 heteroatoms. The predicted octanol–water partition coefficient (Wildman–Crippen LogP) is -1.89. The molecule has 4 aliphatic heterocycles. The molecule has 4 fully saturated rings. The minimum Gasteiger partial charge on any atom is -0.493 e. The first-order valence-electron chi connectivity index (χ1n) is 16.7. The number of methoxy groups -OCH3 is 2. The highest BCUT2D eigenvalue weighted by molar-refractivity contribution is 5.87. The normalized spacial score (nSPS) is 42.2. The summed E-state index contributed by atoms with van der Waals surface area (Å²) in [5, 5.41) is 62.5. The van der Waals surface area contributed by atoms with Gasteiger partial charge in [-0.1, -0.05) is 6.07 Å². The van der Waals surface area contributed by atoms with E-state index in [1.165, 1.54) is 26.6 Å². The molecule has 1 aromatic carbocycles. The zero-order valence-electron chi connectivity index (χ0n) is 28.7. The molecular weight excluding hydrogens is 696 g/mol. The van der Waals surface area contributed by atoms with Crippen molar-refractivity contribution < 1.29 is 87.6 Å². The first-order chi connectivity index (χ1) is 24.9. The average Bonchev–Trinajstić information content (AvgIpc) is 3.81. The molecule has 0 radical (unpaired) electrons. The number of aliphatic hydroxyl groups is 6. The number of benzene rings is 1. The van der Waals surface area contributed by atoms with Gasteiger partial charge >= 0.3 is 11.9 Å². The molecule has 16 atom stereocenters. The van der Waals surface area contributed by atoms with Crippen LogP contribution in [-0.2, 0) is 47.5 Å². The van der Waals surface area contributed by atoms with E-state index in [1.807, 2.05) is 0 Å². The molecule has 0 bridgehead atoms. The predicted molar refractivity (Wildman–Crippen MR) is 170 cm³/mol. The number of carbonyl (C=O) groups is 2. The Balaban J connectivity index is 1.15. The van der Waals surface area contributed by atoms with Gasteiger partial charge in [-0.3, -0.25) is 4.79 Å². The van der Waals surface area contributed by atoms with Crippen molar-refractivity contribution in [2.24, 2.45) is 11.8 Å². The van der Waals surface area contributed by atoms with Gasteiger partial charge < -0.3 is 78.0 Å². The Morgan fingerprint density at radius 3 is 2.29 bits per heavy atom.